The largest absolute Gasteiger partial charge is 0.478 e. The number of aromatic nitrogens is 2. The monoisotopic (exact) mass is 310 g/mol. The van der Waals surface area contributed by atoms with E-state index in [1.54, 1.807) is 19.1 Å². The number of aryl methyl sites for hydroxylation is 1. The van der Waals surface area contributed by atoms with Gasteiger partial charge in [-0.05, 0) is 19.1 Å². The molecule has 114 valence electrons. The average molecular weight is 310 g/mol. The first-order valence-corrected chi connectivity index (χ1v) is 8.71. The number of hydrogen-bond donors (Lipinski definition) is 1. The van der Waals surface area contributed by atoms with E-state index in [0.717, 1.165) is 0 Å². The van der Waals surface area contributed by atoms with Gasteiger partial charge in [0.15, 0.2) is 0 Å². The van der Waals surface area contributed by atoms with Gasteiger partial charge in [-0.25, -0.2) is 18.2 Å². The van der Waals surface area contributed by atoms with Gasteiger partial charge in [0.2, 0.25) is 0 Å². The van der Waals surface area contributed by atoms with Crippen LogP contribution in [0.5, 0.6) is 0 Å². The van der Waals surface area contributed by atoms with Gasteiger partial charge in [-0.15, -0.1) is 0 Å². The first kappa shape index (κ1) is 15.5. The fourth-order valence-electron chi connectivity index (χ4n) is 2.59. The van der Waals surface area contributed by atoms with Crippen molar-refractivity contribution in [2.24, 2.45) is 0 Å². The highest BCUT2D eigenvalue weighted by molar-refractivity contribution is 7.90. The van der Waals surface area contributed by atoms with Gasteiger partial charge in [0, 0.05) is 18.7 Å². The van der Waals surface area contributed by atoms with Crippen LogP contribution in [0, 0.1) is 0 Å². The van der Waals surface area contributed by atoms with Gasteiger partial charge in [-0.2, -0.15) is 0 Å². The van der Waals surface area contributed by atoms with Gasteiger partial charge in [0.25, 0.3) is 0 Å². The molecule has 21 heavy (non-hydrogen) atoms. The summed E-state index contributed by atoms with van der Waals surface area (Å²) in [6.45, 7) is 3.71. The number of para-hydroxylation sites is 1. The van der Waals surface area contributed by atoms with E-state index in [1.807, 2.05) is 11.5 Å². The smallest absolute Gasteiger partial charge is 0.337 e. The molecule has 1 heterocycles. The molecule has 0 aliphatic heterocycles. The second kappa shape index (κ2) is 5.48. The average Bonchev–Trinajstić information content (AvgIpc) is 2.74. The molecule has 0 amide bonds. The number of benzene rings is 1. The molecule has 0 aliphatic carbocycles. The third-order valence-electron chi connectivity index (χ3n) is 3.32. The van der Waals surface area contributed by atoms with Gasteiger partial charge in [-0.3, -0.25) is 0 Å². The van der Waals surface area contributed by atoms with E-state index in [2.05, 4.69) is 4.98 Å². The lowest BCUT2D eigenvalue weighted by atomic mass is 10.2. The summed E-state index contributed by atoms with van der Waals surface area (Å²) in [6, 6.07) is 4.62. The van der Waals surface area contributed by atoms with E-state index in [9.17, 15) is 18.3 Å². The van der Waals surface area contributed by atoms with E-state index in [4.69, 9.17) is 0 Å². The fraction of sp³-hybridized carbons (Fsp3) is 0.429. The molecule has 1 aromatic carbocycles. The molecule has 0 saturated carbocycles. The van der Waals surface area contributed by atoms with Crippen LogP contribution in [0.25, 0.3) is 11.0 Å². The van der Waals surface area contributed by atoms with Gasteiger partial charge in [0.1, 0.15) is 21.2 Å². The number of carbonyl (C=O) groups is 1. The van der Waals surface area contributed by atoms with Crippen molar-refractivity contribution in [3.05, 3.63) is 29.6 Å². The highest BCUT2D eigenvalue weighted by Gasteiger charge is 2.21. The van der Waals surface area contributed by atoms with Crippen molar-refractivity contribution in [2.75, 3.05) is 12.0 Å². The van der Waals surface area contributed by atoms with E-state index >= 15 is 0 Å². The Balaban J connectivity index is 2.67. The number of nitrogens with zero attached hydrogens (tertiary/aromatic N) is 2. The van der Waals surface area contributed by atoms with Crippen molar-refractivity contribution in [1.82, 2.24) is 9.55 Å². The SMILES string of the molecule is CCc1nc2c(C(=O)O)cccc2n1C(C)CS(C)(=O)=O. The summed E-state index contributed by atoms with van der Waals surface area (Å²) in [4.78, 5) is 15.7. The van der Waals surface area contributed by atoms with Crippen LogP contribution in [0.15, 0.2) is 18.2 Å². The number of sulfone groups is 1. The number of carboxylic acids is 1. The summed E-state index contributed by atoms with van der Waals surface area (Å²) in [6.07, 6.45) is 1.79. The summed E-state index contributed by atoms with van der Waals surface area (Å²) in [5.41, 5.74) is 1.19. The van der Waals surface area contributed by atoms with E-state index in [-0.39, 0.29) is 17.4 Å². The molecule has 1 aromatic heterocycles. The summed E-state index contributed by atoms with van der Waals surface area (Å²) >= 11 is 0. The van der Waals surface area contributed by atoms with Crippen molar-refractivity contribution in [3.8, 4) is 0 Å². The predicted molar refractivity (Wildman–Crippen MR) is 80.5 cm³/mol. The molecular formula is C14H18N2O4S. The highest BCUT2D eigenvalue weighted by Crippen LogP contribution is 2.25. The highest BCUT2D eigenvalue weighted by atomic mass is 32.2. The molecule has 0 fully saturated rings. The second-order valence-electron chi connectivity index (χ2n) is 5.17. The molecule has 2 rings (SSSR count). The Bertz CT molecular complexity index is 793. The molecule has 0 bridgehead atoms. The maximum Gasteiger partial charge on any atom is 0.337 e. The lowest BCUT2D eigenvalue weighted by molar-refractivity contribution is 0.0699. The molecule has 2 aromatic rings. The van der Waals surface area contributed by atoms with Gasteiger partial charge < -0.3 is 9.67 Å². The molecule has 1 atom stereocenters. The van der Waals surface area contributed by atoms with Crippen LogP contribution in [0.2, 0.25) is 0 Å². The Morgan fingerprint density at radius 1 is 1.43 bits per heavy atom. The van der Waals surface area contributed by atoms with E-state index in [0.29, 0.717) is 23.3 Å². The zero-order chi connectivity index (χ0) is 15.8. The molecule has 0 aliphatic rings. The van der Waals surface area contributed by atoms with Gasteiger partial charge in [-0.1, -0.05) is 13.0 Å². The van der Waals surface area contributed by atoms with Gasteiger partial charge in [0.05, 0.1) is 16.8 Å². The number of aromatic carboxylic acids is 1. The Morgan fingerprint density at radius 2 is 2.10 bits per heavy atom. The minimum atomic E-state index is -3.13. The van der Waals surface area contributed by atoms with Crippen LogP contribution < -0.4 is 0 Å². The Morgan fingerprint density at radius 3 is 2.62 bits per heavy atom. The van der Waals surface area contributed by atoms with Crippen LogP contribution in [-0.2, 0) is 16.3 Å². The zero-order valence-electron chi connectivity index (χ0n) is 12.2. The maximum atomic E-state index is 11.5. The normalized spacial score (nSPS) is 13.5. The lowest BCUT2D eigenvalue weighted by Crippen LogP contribution is -2.18. The summed E-state index contributed by atoms with van der Waals surface area (Å²) < 4.78 is 24.9. The van der Waals surface area contributed by atoms with Crippen molar-refractivity contribution >= 4 is 26.8 Å². The maximum absolute atomic E-state index is 11.5. The standard InChI is InChI=1S/C14H18N2O4S/c1-4-12-15-13-10(14(17)18)6-5-7-11(13)16(12)9(2)8-21(3,19)20/h5-7,9H,4,8H2,1-3H3,(H,17,18). The first-order chi connectivity index (χ1) is 9.74. The van der Waals surface area contributed by atoms with Crippen LogP contribution >= 0.6 is 0 Å². The molecule has 0 spiro atoms. The second-order valence-corrected chi connectivity index (χ2v) is 7.36. The lowest BCUT2D eigenvalue weighted by Gasteiger charge is -2.16. The minimum absolute atomic E-state index is 0.0112. The van der Waals surface area contributed by atoms with Crippen molar-refractivity contribution in [2.45, 2.75) is 26.3 Å². The molecule has 6 nitrogen and oxygen atoms in total. The first-order valence-electron chi connectivity index (χ1n) is 6.65. The Hall–Kier alpha value is -1.89. The number of hydrogen-bond acceptors (Lipinski definition) is 4. The van der Waals surface area contributed by atoms with Crippen LogP contribution in [0.4, 0.5) is 0 Å². The number of rotatable bonds is 5. The van der Waals surface area contributed by atoms with Crippen LogP contribution in [0.1, 0.15) is 36.1 Å². The molecule has 7 heteroatoms. The van der Waals surface area contributed by atoms with Gasteiger partial charge >= 0.3 is 5.97 Å². The molecular weight excluding hydrogens is 292 g/mol. The Labute approximate surface area is 123 Å². The predicted octanol–water partition coefficient (Wildman–Crippen LogP) is 1.90. The number of carboxylic acid groups (broad SMARTS) is 1. The van der Waals surface area contributed by atoms with Crippen molar-refractivity contribution in [1.29, 1.82) is 0 Å². The number of imidazole rings is 1. The van der Waals surface area contributed by atoms with Crippen LogP contribution in [-0.4, -0.2) is 41.1 Å². The fourth-order valence-corrected chi connectivity index (χ4v) is 3.62. The van der Waals surface area contributed by atoms with Crippen molar-refractivity contribution in [3.63, 3.8) is 0 Å². The molecule has 0 saturated heterocycles. The third kappa shape index (κ3) is 3.07. The summed E-state index contributed by atoms with van der Waals surface area (Å²) in [5, 5.41) is 9.24. The molecule has 1 unspecified atom stereocenters. The summed E-state index contributed by atoms with van der Waals surface area (Å²) in [7, 11) is -3.13. The topological polar surface area (TPSA) is 89.3 Å². The van der Waals surface area contributed by atoms with Crippen molar-refractivity contribution < 1.29 is 18.3 Å². The molecule has 0 radical (unpaired) electrons. The third-order valence-corrected chi connectivity index (χ3v) is 4.41. The van der Waals surface area contributed by atoms with Crippen LogP contribution in [0.3, 0.4) is 0 Å². The van der Waals surface area contributed by atoms with E-state index in [1.165, 1.54) is 12.3 Å². The summed E-state index contributed by atoms with van der Waals surface area (Å²) in [5.74, 6) is -0.360. The molecule has 1 N–H and O–H groups in total. The quantitative estimate of drug-likeness (QED) is 0.911. The number of fused-ring (bicyclic) bond motifs is 1. The zero-order valence-corrected chi connectivity index (χ0v) is 13.0. The minimum Gasteiger partial charge on any atom is -0.478 e. The van der Waals surface area contributed by atoms with E-state index < -0.39 is 15.8 Å². The Kier molecular flexibility index (Phi) is 4.04.